The number of hydrogen-bond acceptors (Lipinski definition) is 3. The van der Waals surface area contributed by atoms with Gasteiger partial charge < -0.3 is 5.32 Å². The highest BCUT2D eigenvalue weighted by molar-refractivity contribution is 7.07. The maximum absolute atomic E-state index is 11.7. The Morgan fingerprint density at radius 1 is 1.64 bits per heavy atom. The molecule has 76 valence electrons. The normalized spacial score (nSPS) is 21.3. The number of ketones is 1. The molecule has 0 saturated carbocycles. The Balaban J connectivity index is 1.77. The number of hydrogen-bond donors (Lipinski definition) is 1. The highest BCUT2D eigenvalue weighted by Crippen LogP contribution is 2.12. The first-order valence-corrected chi connectivity index (χ1v) is 6.08. The van der Waals surface area contributed by atoms with Crippen molar-refractivity contribution < 1.29 is 4.79 Å². The molecular weight excluding hydrogens is 194 g/mol. The minimum absolute atomic E-state index is 0.147. The Morgan fingerprint density at radius 3 is 3.21 bits per heavy atom. The van der Waals surface area contributed by atoms with Crippen LogP contribution in [0.3, 0.4) is 0 Å². The summed E-state index contributed by atoms with van der Waals surface area (Å²) in [4.78, 5) is 11.7. The van der Waals surface area contributed by atoms with Crippen molar-refractivity contribution in [2.75, 3.05) is 6.54 Å². The molecule has 1 atom stereocenters. The molecule has 2 rings (SSSR count). The van der Waals surface area contributed by atoms with Crippen LogP contribution >= 0.6 is 11.3 Å². The number of aryl methyl sites for hydroxylation is 1. The van der Waals surface area contributed by atoms with Crippen LogP contribution in [0.15, 0.2) is 16.8 Å². The van der Waals surface area contributed by atoms with Gasteiger partial charge in [-0.25, -0.2) is 0 Å². The smallest absolute Gasteiger partial charge is 0.150 e. The van der Waals surface area contributed by atoms with E-state index in [-0.39, 0.29) is 6.04 Å². The summed E-state index contributed by atoms with van der Waals surface area (Å²) >= 11 is 1.70. The molecule has 2 nitrogen and oxygen atoms in total. The number of nitrogens with one attached hydrogen (secondary N) is 1. The van der Waals surface area contributed by atoms with Crippen molar-refractivity contribution in [3.8, 4) is 0 Å². The summed E-state index contributed by atoms with van der Waals surface area (Å²) in [6, 6.07) is 2.24. The van der Waals surface area contributed by atoms with E-state index < -0.39 is 0 Å². The third kappa shape index (κ3) is 2.42. The molecule has 1 saturated heterocycles. The van der Waals surface area contributed by atoms with Crippen LogP contribution in [0, 0.1) is 0 Å². The van der Waals surface area contributed by atoms with Crippen LogP contribution in [-0.4, -0.2) is 18.4 Å². The molecule has 1 unspecified atom stereocenters. The molecule has 1 aliphatic heterocycles. The van der Waals surface area contributed by atoms with E-state index in [9.17, 15) is 4.79 Å². The van der Waals surface area contributed by atoms with Gasteiger partial charge in [0.05, 0.1) is 6.04 Å². The van der Waals surface area contributed by atoms with E-state index in [0.717, 1.165) is 25.8 Å². The van der Waals surface area contributed by atoms with Crippen LogP contribution in [0.1, 0.15) is 24.8 Å². The topological polar surface area (TPSA) is 29.1 Å². The van der Waals surface area contributed by atoms with Gasteiger partial charge in [-0.05, 0) is 48.2 Å². The van der Waals surface area contributed by atoms with Crippen LogP contribution in [0.5, 0.6) is 0 Å². The minimum Gasteiger partial charge on any atom is -0.307 e. The average Bonchev–Trinajstić information content (AvgIpc) is 2.87. The van der Waals surface area contributed by atoms with Gasteiger partial charge in [0.25, 0.3) is 0 Å². The maximum atomic E-state index is 11.7. The van der Waals surface area contributed by atoms with E-state index in [4.69, 9.17) is 0 Å². The summed E-state index contributed by atoms with van der Waals surface area (Å²) in [6.45, 7) is 1.01. The lowest BCUT2D eigenvalue weighted by molar-refractivity contribution is -0.120. The van der Waals surface area contributed by atoms with Gasteiger partial charge in [0.1, 0.15) is 5.78 Å². The zero-order valence-electron chi connectivity index (χ0n) is 8.16. The molecule has 0 aromatic carbocycles. The fourth-order valence-corrected chi connectivity index (χ4v) is 2.54. The van der Waals surface area contributed by atoms with Crippen molar-refractivity contribution in [3.05, 3.63) is 22.4 Å². The molecule has 0 amide bonds. The molecule has 1 fully saturated rings. The van der Waals surface area contributed by atoms with E-state index in [2.05, 4.69) is 22.1 Å². The Kier molecular flexibility index (Phi) is 3.32. The highest BCUT2D eigenvalue weighted by Gasteiger charge is 2.21. The first-order chi connectivity index (χ1) is 6.86. The number of carbonyl (C=O) groups excluding carboxylic acids is 1. The maximum Gasteiger partial charge on any atom is 0.150 e. The Morgan fingerprint density at radius 2 is 2.57 bits per heavy atom. The summed E-state index contributed by atoms with van der Waals surface area (Å²) in [5.41, 5.74) is 1.29. The third-order valence-electron chi connectivity index (χ3n) is 2.69. The second-order valence-corrected chi connectivity index (χ2v) is 4.53. The van der Waals surface area contributed by atoms with Gasteiger partial charge in [-0.2, -0.15) is 11.3 Å². The molecule has 1 aliphatic rings. The summed E-state index contributed by atoms with van der Waals surface area (Å²) in [5, 5.41) is 7.42. The van der Waals surface area contributed by atoms with Gasteiger partial charge in [-0.1, -0.05) is 0 Å². The molecule has 1 N–H and O–H groups in total. The monoisotopic (exact) mass is 209 g/mol. The van der Waals surface area contributed by atoms with Crippen molar-refractivity contribution in [3.63, 3.8) is 0 Å². The Hall–Kier alpha value is -0.670. The summed E-state index contributed by atoms with van der Waals surface area (Å²) in [7, 11) is 0. The summed E-state index contributed by atoms with van der Waals surface area (Å²) < 4.78 is 0. The molecule has 0 spiro atoms. The molecule has 0 aliphatic carbocycles. The molecule has 0 bridgehead atoms. The quantitative estimate of drug-likeness (QED) is 0.821. The molecule has 3 heteroatoms. The van der Waals surface area contributed by atoms with Gasteiger partial charge in [0, 0.05) is 6.42 Å². The first kappa shape index (κ1) is 9.87. The van der Waals surface area contributed by atoms with Crippen LogP contribution in [-0.2, 0) is 11.2 Å². The van der Waals surface area contributed by atoms with Crippen molar-refractivity contribution >= 4 is 17.1 Å². The van der Waals surface area contributed by atoms with Crippen molar-refractivity contribution in [2.24, 2.45) is 0 Å². The predicted octanol–water partition coefficient (Wildman–Crippen LogP) is 2.00. The molecule has 1 aromatic heterocycles. The summed E-state index contributed by atoms with van der Waals surface area (Å²) in [6.07, 6.45) is 3.77. The lowest BCUT2D eigenvalue weighted by atomic mass is 10.0. The van der Waals surface area contributed by atoms with Gasteiger partial charge >= 0.3 is 0 Å². The molecule has 2 heterocycles. The van der Waals surface area contributed by atoms with Crippen molar-refractivity contribution in [1.82, 2.24) is 5.32 Å². The fourth-order valence-electron chi connectivity index (χ4n) is 1.84. The van der Waals surface area contributed by atoms with Crippen molar-refractivity contribution in [1.29, 1.82) is 0 Å². The standard InChI is InChI=1S/C11H15NOS/c13-11(10-2-1-6-12-10)4-3-9-5-7-14-8-9/h5,7-8,10,12H,1-4,6H2. The number of thiophene rings is 1. The minimum atomic E-state index is 0.147. The van der Waals surface area contributed by atoms with Gasteiger partial charge in [0.15, 0.2) is 0 Å². The Labute approximate surface area is 88.3 Å². The SMILES string of the molecule is O=C(CCc1ccsc1)C1CCCN1. The fraction of sp³-hybridized carbons (Fsp3) is 0.545. The molecular formula is C11H15NOS. The van der Waals surface area contributed by atoms with Crippen LogP contribution in [0.25, 0.3) is 0 Å². The van der Waals surface area contributed by atoms with Crippen molar-refractivity contribution in [2.45, 2.75) is 31.7 Å². The molecule has 0 radical (unpaired) electrons. The van der Waals surface area contributed by atoms with E-state index in [1.807, 2.05) is 0 Å². The first-order valence-electron chi connectivity index (χ1n) is 5.13. The predicted molar refractivity (Wildman–Crippen MR) is 58.7 cm³/mol. The number of carbonyl (C=O) groups is 1. The van der Waals surface area contributed by atoms with E-state index in [0.29, 0.717) is 12.2 Å². The lowest BCUT2D eigenvalue weighted by Gasteiger charge is -2.07. The highest BCUT2D eigenvalue weighted by atomic mass is 32.1. The lowest BCUT2D eigenvalue weighted by Crippen LogP contribution is -2.30. The molecule has 14 heavy (non-hydrogen) atoms. The Bertz CT molecular complexity index is 288. The van der Waals surface area contributed by atoms with E-state index in [1.165, 1.54) is 5.56 Å². The largest absolute Gasteiger partial charge is 0.307 e. The number of rotatable bonds is 4. The third-order valence-corrected chi connectivity index (χ3v) is 3.42. The van der Waals surface area contributed by atoms with Crippen LogP contribution in [0.4, 0.5) is 0 Å². The second kappa shape index (κ2) is 4.71. The van der Waals surface area contributed by atoms with E-state index >= 15 is 0 Å². The van der Waals surface area contributed by atoms with Gasteiger partial charge in [-0.15, -0.1) is 0 Å². The summed E-state index contributed by atoms with van der Waals surface area (Å²) in [5.74, 6) is 0.383. The zero-order chi connectivity index (χ0) is 9.80. The van der Waals surface area contributed by atoms with E-state index in [1.54, 1.807) is 11.3 Å². The van der Waals surface area contributed by atoms with Gasteiger partial charge in [-0.3, -0.25) is 4.79 Å². The number of Topliss-reactive ketones (excluding diaryl/α,β-unsaturated/α-hetero) is 1. The van der Waals surface area contributed by atoms with Crippen LogP contribution in [0.2, 0.25) is 0 Å². The second-order valence-electron chi connectivity index (χ2n) is 3.75. The average molecular weight is 209 g/mol. The molecule has 1 aromatic rings. The van der Waals surface area contributed by atoms with Crippen LogP contribution < -0.4 is 5.32 Å². The van der Waals surface area contributed by atoms with Gasteiger partial charge in [0.2, 0.25) is 0 Å². The zero-order valence-corrected chi connectivity index (χ0v) is 8.98.